The fraction of sp³-hybridized carbons (Fsp3) is 0.600. The van der Waals surface area contributed by atoms with Gasteiger partial charge in [0.05, 0.1) is 5.02 Å². The molecule has 0 unspecified atom stereocenters. The van der Waals surface area contributed by atoms with Crippen molar-refractivity contribution in [2.75, 3.05) is 11.8 Å². The predicted octanol–water partition coefficient (Wildman–Crippen LogP) is 5.68. The van der Waals surface area contributed by atoms with Crippen molar-refractivity contribution in [2.24, 2.45) is 11.3 Å². The van der Waals surface area contributed by atoms with Gasteiger partial charge < -0.3 is 0 Å². The van der Waals surface area contributed by atoms with E-state index in [9.17, 15) is 4.39 Å². The van der Waals surface area contributed by atoms with Crippen molar-refractivity contribution in [1.29, 1.82) is 0 Å². The molecule has 0 spiro atoms. The molecular weight excluding hydrogens is 306 g/mol. The lowest BCUT2D eigenvalue weighted by molar-refractivity contribution is 0.225. The first-order valence-corrected chi connectivity index (χ1v) is 8.12. The van der Waals surface area contributed by atoms with Crippen LogP contribution in [-0.4, -0.2) is 11.8 Å². The van der Waals surface area contributed by atoms with Gasteiger partial charge in [-0.25, -0.2) is 4.39 Å². The second-order valence-corrected chi connectivity index (χ2v) is 6.48. The van der Waals surface area contributed by atoms with Crippen molar-refractivity contribution in [3.05, 3.63) is 34.6 Å². The summed E-state index contributed by atoms with van der Waals surface area (Å²) in [4.78, 5) is 0. The molecule has 0 atom stereocenters. The van der Waals surface area contributed by atoms with E-state index >= 15 is 0 Å². The lowest BCUT2D eigenvalue weighted by Gasteiger charge is -2.36. The fourth-order valence-electron chi connectivity index (χ4n) is 3.09. The molecule has 0 amide bonds. The van der Waals surface area contributed by atoms with Crippen molar-refractivity contribution in [3.63, 3.8) is 0 Å². The van der Waals surface area contributed by atoms with Crippen LogP contribution in [0.1, 0.15) is 31.2 Å². The van der Waals surface area contributed by atoms with E-state index in [1.807, 2.05) is 0 Å². The van der Waals surface area contributed by atoms with Gasteiger partial charge in [-0.2, -0.15) is 0 Å². The molecule has 1 aromatic carbocycles. The summed E-state index contributed by atoms with van der Waals surface area (Å²) >= 11 is 18.3. The van der Waals surface area contributed by atoms with Gasteiger partial charge in [0.1, 0.15) is 5.82 Å². The van der Waals surface area contributed by atoms with E-state index in [2.05, 4.69) is 0 Å². The molecule has 1 fully saturated rings. The Morgan fingerprint density at radius 3 is 2.32 bits per heavy atom. The summed E-state index contributed by atoms with van der Waals surface area (Å²) in [5.41, 5.74) is 0.917. The average molecular weight is 324 g/mol. The topological polar surface area (TPSA) is 0 Å². The summed E-state index contributed by atoms with van der Waals surface area (Å²) in [6.07, 6.45) is 5.65. The highest BCUT2D eigenvalue weighted by Gasteiger charge is 2.39. The molecule has 0 N–H and O–H groups in total. The molecule has 0 heterocycles. The lowest BCUT2D eigenvalue weighted by Crippen LogP contribution is -2.35. The Morgan fingerprint density at radius 1 is 1.16 bits per heavy atom. The molecular formula is C15H18Cl3F. The molecule has 0 aliphatic heterocycles. The Bertz CT molecular complexity index is 423. The van der Waals surface area contributed by atoms with Crippen LogP contribution in [0.3, 0.4) is 0 Å². The first-order valence-electron chi connectivity index (χ1n) is 6.67. The molecule has 0 aromatic heterocycles. The van der Waals surface area contributed by atoms with E-state index in [0.717, 1.165) is 12.0 Å². The molecule has 1 aliphatic rings. The summed E-state index contributed by atoms with van der Waals surface area (Å²) in [5, 5.41) is 0.168. The number of hydrogen-bond acceptors (Lipinski definition) is 0. The highest BCUT2D eigenvalue weighted by molar-refractivity contribution is 6.30. The van der Waals surface area contributed by atoms with E-state index in [1.54, 1.807) is 12.1 Å². The highest BCUT2D eigenvalue weighted by atomic mass is 35.5. The highest BCUT2D eigenvalue weighted by Crippen LogP contribution is 2.44. The molecule has 0 nitrogen and oxygen atoms in total. The minimum absolute atomic E-state index is 0.0965. The number of halogens is 4. The normalized spacial score (nSPS) is 17.1. The van der Waals surface area contributed by atoms with Crippen LogP contribution in [0.2, 0.25) is 5.02 Å². The molecule has 0 radical (unpaired) electrons. The largest absolute Gasteiger partial charge is 0.205 e. The van der Waals surface area contributed by atoms with Crippen molar-refractivity contribution in [1.82, 2.24) is 0 Å². The molecule has 0 bridgehead atoms. The van der Waals surface area contributed by atoms with Crippen LogP contribution in [0, 0.1) is 17.2 Å². The van der Waals surface area contributed by atoms with Gasteiger partial charge >= 0.3 is 0 Å². The summed E-state index contributed by atoms with van der Waals surface area (Å²) in [6.45, 7) is 0. The molecule has 2 rings (SSSR count). The molecule has 1 aromatic rings. The summed E-state index contributed by atoms with van der Waals surface area (Å²) in [7, 11) is 0. The SMILES string of the molecule is Fc1ccc(CC(CCl)(CCl)C2CCCC2)cc1Cl. The van der Waals surface area contributed by atoms with Gasteiger partial charge in [0.15, 0.2) is 0 Å². The van der Waals surface area contributed by atoms with Crippen LogP contribution in [0.5, 0.6) is 0 Å². The number of alkyl halides is 2. The van der Waals surface area contributed by atoms with Crippen LogP contribution < -0.4 is 0 Å². The zero-order chi connectivity index (χ0) is 13.9. The standard InChI is InChI=1S/C15H18Cl3F/c16-9-15(10-17,12-3-1-2-4-12)8-11-5-6-14(19)13(18)7-11/h5-7,12H,1-4,8-10H2. The van der Waals surface area contributed by atoms with E-state index in [4.69, 9.17) is 34.8 Å². The first kappa shape index (κ1) is 15.4. The van der Waals surface area contributed by atoms with E-state index in [1.165, 1.54) is 31.7 Å². The van der Waals surface area contributed by atoms with Crippen LogP contribution in [-0.2, 0) is 6.42 Å². The second kappa shape index (κ2) is 6.65. The van der Waals surface area contributed by atoms with Crippen molar-refractivity contribution in [2.45, 2.75) is 32.1 Å². The molecule has 1 aliphatic carbocycles. The van der Waals surface area contributed by atoms with Gasteiger partial charge in [0.25, 0.3) is 0 Å². The minimum Gasteiger partial charge on any atom is -0.205 e. The van der Waals surface area contributed by atoms with Gasteiger partial charge in [-0.15, -0.1) is 23.2 Å². The number of rotatable bonds is 5. The van der Waals surface area contributed by atoms with Gasteiger partial charge in [0, 0.05) is 17.2 Å². The smallest absolute Gasteiger partial charge is 0.141 e. The van der Waals surface area contributed by atoms with Gasteiger partial charge in [0.2, 0.25) is 0 Å². The van der Waals surface area contributed by atoms with Gasteiger partial charge in [-0.1, -0.05) is 30.5 Å². The Balaban J connectivity index is 2.21. The molecule has 0 saturated heterocycles. The third-order valence-corrected chi connectivity index (χ3v) is 5.65. The summed E-state index contributed by atoms with van der Waals surface area (Å²) in [5.74, 6) is 1.26. The average Bonchev–Trinajstić information content (AvgIpc) is 2.95. The maximum atomic E-state index is 13.2. The van der Waals surface area contributed by atoms with Crippen LogP contribution in [0.25, 0.3) is 0 Å². The number of hydrogen-bond donors (Lipinski definition) is 0. The Labute approximate surface area is 129 Å². The van der Waals surface area contributed by atoms with Crippen molar-refractivity contribution in [3.8, 4) is 0 Å². The predicted molar refractivity (Wildman–Crippen MR) is 80.9 cm³/mol. The Kier molecular flexibility index (Phi) is 5.39. The monoisotopic (exact) mass is 322 g/mol. The van der Waals surface area contributed by atoms with E-state index < -0.39 is 0 Å². The summed E-state index contributed by atoms with van der Waals surface area (Å²) < 4.78 is 13.2. The van der Waals surface area contributed by atoms with Crippen molar-refractivity contribution < 1.29 is 4.39 Å². The molecule has 1 saturated carbocycles. The number of benzene rings is 1. The maximum absolute atomic E-state index is 13.2. The zero-order valence-corrected chi connectivity index (χ0v) is 13.0. The minimum atomic E-state index is -0.381. The summed E-state index contributed by atoms with van der Waals surface area (Å²) in [6, 6.07) is 4.89. The van der Waals surface area contributed by atoms with Crippen LogP contribution in [0.15, 0.2) is 18.2 Å². The molecule has 106 valence electrons. The fourth-order valence-corrected chi connectivity index (χ4v) is 4.20. The third kappa shape index (κ3) is 3.37. The second-order valence-electron chi connectivity index (χ2n) is 5.54. The molecule has 4 heteroatoms. The molecule has 19 heavy (non-hydrogen) atoms. The maximum Gasteiger partial charge on any atom is 0.141 e. The first-order chi connectivity index (χ1) is 9.11. The van der Waals surface area contributed by atoms with Crippen LogP contribution >= 0.6 is 34.8 Å². The van der Waals surface area contributed by atoms with Gasteiger partial charge in [-0.3, -0.25) is 0 Å². The zero-order valence-electron chi connectivity index (χ0n) is 10.8. The Morgan fingerprint density at radius 2 is 1.79 bits per heavy atom. The van der Waals surface area contributed by atoms with Crippen LogP contribution in [0.4, 0.5) is 4.39 Å². The third-order valence-electron chi connectivity index (χ3n) is 4.29. The van der Waals surface area contributed by atoms with Gasteiger partial charge in [-0.05, 0) is 42.9 Å². The van der Waals surface area contributed by atoms with Crippen molar-refractivity contribution >= 4 is 34.8 Å². The quantitative estimate of drug-likeness (QED) is 0.612. The van der Waals surface area contributed by atoms with E-state index in [-0.39, 0.29) is 16.3 Å². The lowest BCUT2D eigenvalue weighted by atomic mass is 9.73. The Hall–Kier alpha value is 0.0200. The van der Waals surface area contributed by atoms with E-state index in [0.29, 0.717) is 17.7 Å².